The van der Waals surface area contributed by atoms with Gasteiger partial charge in [0.05, 0.1) is 0 Å². The maximum Gasteiger partial charge on any atom is 0.0168 e. The molecule has 72 valence electrons. The SMILES string of the molecule is CN1CCC(N2CC3C4C3C42)CC1. The van der Waals surface area contributed by atoms with Crippen molar-refractivity contribution in [2.45, 2.75) is 24.9 Å². The predicted octanol–water partition coefficient (Wildman–Crippen LogP) is 0.641. The second-order valence-electron chi connectivity index (χ2n) is 5.54. The summed E-state index contributed by atoms with van der Waals surface area (Å²) in [6.45, 7) is 4.12. The van der Waals surface area contributed by atoms with Gasteiger partial charge in [0, 0.05) is 18.6 Å². The van der Waals surface area contributed by atoms with E-state index < -0.39 is 0 Å². The van der Waals surface area contributed by atoms with Crippen molar-refractivity contribution in [1.29, 1.82) is 0 Å². The summed E-state index contributed by atoms with van der Waals surface area (Å²) in [5.41, 5.74) is 0. The van der Waals surface area contributed by atoms with Gasteiger partial charge in [-0.2, -0.15) is 0 Å². The molecule has 2 atom stereocenters. The van der Waals surface area contributed by atoms with Gasteiger partial charge in [-0.25, -0.2) is 0 Å². The predicted molar refractivity (Wildman–Crippen MR) is 51.5 cm³/mol. The smallest absolute Gasteiger partial charge is 0.0168 e. The highest BCUT2D eigenvalue weighted by atomic mass is 15.3. The summed E-state index contributed by atoms with van der Waals surface area (Å²) in [4.78, 5) is 5.33. The van der Waals surface area contributed by atoms with Crippen LogP contribution in [0, 0.1) is 17.8 Å². The Hall–Kier alpha value is -0.0800. The molecule has 2 unspecified atom stereocenters. The zero-order chi connectivity index (χ0) is 8.58. The molecule has 0 aromatic rings. The first kappa shape index (κ1) is 7.24. The molecule has 5 aliphatic rings. The number of rotatable bonds is 1. The van der Waals surface area contributed by atoms with Crippen LogP contribution in [0.4, 0.5) is 0 Å². The van der Waals surface area contributed by atoms with Crippen LogP contribution < -0.4 is 0 Å². The summed E-state index contributed by atoms with van der Waals surface area (Å²) in [6.07, 6.45) is 2.86. The first-order valence-electron chi connectivity index (χ1n) is 5.80. The highest BCUT2D eigenvalue weighted by molar-refractivity contribution is 5.31. The Morgan fingerprint density at radius 2 is 1.77 bits per heavy atom. The van der Waals surface area contributed by atoms with E-state index in [0.717, 1.165) is 12.1 Å². The van der Waals surface area contributed by atoms with Crippen LogP contribution in [0.3, 0.4) is 0 Å². The van der Waals surface area contributed by atoms with Crippen molar-refractivity contribution in [2.75, 3.05) is 26.7 Å². The molecule has 3 heterocycles. The summed E-state index contributed by atoms with van der Waals surface area (Å²) < 4.78 is 0. The van der Waals surface area contributed by atoms with E-state index >= 15 is 0 Å². The third-order valence-corrected chi connectivity index (χ3v) is 4.90. The van der Waals surface area contributed by atoms with E-state index in [0.29, 0.717) is 0 Å². The Morgan fingerprint density at radius 3 is 2.31 bits per heavy atom. The Morgan fingerprint density at radius 1 is 1.08 bits per heavy atom. The standard InChI is InChI=1S/C11H18N2/c1-12-4-2-7(3-5-12)13-6-8-9-10(8)11(9)13/h7-11H,2-6H2,1H3. The van der Waals surface area contributed by atoms with Crippen LogP contribution in [0.2, 0.25) is 0 Å². The van der Waals surface area contributed by atoms with Gasteiger partial charge in [-0.05, 0) is 50.7 Å². The zero-order valence-corrected chi connectivity index (χ0v) is 8.32. The van der Waals surface area contributed by atoms with E-state index in [1.165, 1.54) is 50.2 Å². The van der Waals surface area contributed by atoms with Crippen LogP contribution in [-0.2, 0) is 0 Å². The summed E-state index contributed by atoms with van der Waals surface area (Å²) in [5.74, 6) is 3.56. The maximum atomic E-state index is 2.85. The molecule has 3 saturated heterocycles. The molecular formula is C11H18N2. The topological polar surface area (TPSA) is 6.48 Å². The summed E-state index contributed by atoms with van der Waals surface area (Å²) in [7, 11) is 2.26. The lowest BCUT2D eigenvalue weighted by Gasteiger charge is -2.35. The average Bonchev–Trinajstić information content (AvgIpc) is 2.95. The molecule has 13 heavy (non-hydrogen) atoms. The van der Waals surface area contributed by atoms with E-state index in [4.69, 9.17) is 0 Å². The largest absolute Gasteiger partial charge is 0.306 e. The molecule has 0 aromatic heterocycles. The Bertz CT molecular complexity index is 228. The highest BCUT2D eigenvalue weighted by Crippen LogP contribution is 2.76. The number of piperidine rings is 2. The fourth-order valence-electron chi connectivity index (χ4n) is 3.90. The number of hydrogen-bond donors (Lipinski definition) is 0. The highest BCUT2D eigenvalue weighted by Gasteiger charge is 2.80. The summed E-state index contributed by atoms with van der Waals surface area (Å²) in [6, 6.07) is 2.04. The van der Waals surface area contributed by atoms with Gasteiger partial charge in [0.15, 0.2) is 0 Å². The van der Waals surface area contributed by atoms with Gasteiger partial charge in [0.1, 0.15) is 0 Å². The second kappa shape index (κ2) is 2.12. The number of fused-ring (bicyclic) bond motifs is 1. The normalized spacial score (nSPS) is 55.2. The molecule has 2 nitrogen and oxygen atoms in total. The number of hydrogen-bond acceptors (Lipinski definition) is 2. The summed E-state index contributed by atoms with van der Waals surface area (Å²) >= 11 is 0. The van der Waals surface area contributed by atoms with Crippen molar-refractivity contribution in [3.63, 3.8) is 0 Å². The molecule has 0 radical (unpaired) electrons. The third kappa shape index (κ3) is 0.816. The van der Waals surface area contributed by atoms with Crippen molar-refractivity contribution in [1.82, 2.24) is 9.80 Å². The van der Waals surface area contributed by atoms with E-state index in [9.17, 15) is 0 Å². The van der Waals surface area contributed by atoms with Gasteiger partial charge in [0.25, 0.3) is 0 Å². The molecule has 2 aliphatic carbocycles. The van der Waals surface area contributed by atoms with E-state index in [2.05, 4.69) is 16.8 Å². The third-order valence-electron chi connectivity index (χ3n) is 4.90. The molecule has 5 fully saturated rings. The molecule has 5 rings (SSSR count). The van der Waals surface area contributed by atoms with Crippen LogP contribution >= 0.6 is 0 Å². The number of nitrogens with zero attached hydrogens (tertiary/aromatic N) is 2. The van der Waals surface area contributed by atoms with Gasteiger partial charge >= 0.3 is 0 Å². The lowest BCUT2D eigenvalue weighted by Crippen LogP contribution is -2.43. The molecular weight excluding hydrogens is 160 g/mol. The van der Waals surface area contributed by atoms with Crippen LogP contribution in [0.5, 0.6) is 0 Å². The van der Waals surface area contributed by atoms with Crippen LogP contribution in [0.1, 0.15) is 12.8 Å². The molecule has 0 amide bonds. The zero-order valence-electron chi connectivity index (χ0n) is 8.32. The Balaban J connectivity index is 1.45. The minimum Gasteiger partial charge on any atom is -0.306 e. The first-order valence-corrected chi connectivity index (χ1v) is 5.80. The fourth-order valence-corrected chi connectivity index (χ4v) is 3.90. The van der Waals surface area contributed by atoms with E-state index in [1.54, 1.807) is 0 Å². The van der Waals surface area contributed by atoms with Gasteiger partial charge in [-0.1, -0.05) is 0 Å². The quantitative estimate of drug-likeness (QED) is 0.581. The lowest BCUT2D eigenvalue weighted by atomic mass is 10.0. The molecule has 0 N–H and O–H groups in total. The molecule has 0 aromatic carbocycles. The van der Waals surface area contributed by atoms with Gasteiger partial charge in [-0.15, -0.1) is 0 Å². The van der Waals surface area contributed by atoms with E-state index in [1.807, 2.05) is 0 Å². The average molecular weight is 178 g/mol. The van der Waals surface area contributed by atoms with Gasteiger partial charge in [0.2, 0.25) is 0 Å². The molecule has 2 saturated carbocycles. The van der Waals surface area contributed by atoms with Gasteiger partial charge in [-0.3, -0.25) is 4.90 Å². The number of likely N-dealkylation sites (tertiary alicyclic amines) is 1. The maximum absolute atomic E-state index is 2.85. The lowest BCUT2D eigenvalue weighted by molar-refractivity contribution is 0.136. The fraction of sp³-hybridized carbons (Fsp3) is 1.00. The molecule has 2 heteroatoms. The van der Waals surface area contributed by atoms with Gasteiger partial charge < -0.3 is 4.90 Å². The van der Waals surface area contributed by atoms with Crippen LogP contribution in [-0.4, -0.2) is 48.6 Å². The summed E-state index contributed by atoms with van der Waals surface area (Å²) in [5, 5.41) is 0. The van der Waals surface area contributed by atoms with Crippen molar-refractivity contribution in [3.05, 3.63) is 0 Å². The minimum atomic E-state index is 0.959. The Labute approximate surface area is 79.9 Å². The minimum absolute atomic E-state index is 0.959. The second-order valence-corrected chi connectivity index (χ2v) is 5.54. The van der Waals surface area contributed by atoms with Crippen molar-refractivity contribution in [3.8, 4) is 0 Å². The van der Waals surface area contributed by atoms with Crippen molar-refractivity contribution < 1.29 is 0 Å². The van der Waals surface area contributed by atoms with E-state index in [-0.39, 0.29) is 0 Å². The van der Waals surface area contributed by atoms with Crippen molar-refractivity contribution in [2.24, 2.45) is 17.8 Å². The van der Waals surface area contributed by atoms with Crippen molar-refractivity contribution >= 4 is 0 Å². The Kier molecular flexibility index (Phi) is 1.18. The first-order chi connectivity index (χ1) is 6.36. The molecule has 2 bridgehead atoms. The molecule has 0 spiro atoms. The van der Waals surface area contributed by atoms with Crippen LogP contribution in [0.15, 0.2) is 0 Å². The van der Waals surface area contributed by atoms with Crippen LogP contribution in [0.25, 0.3) is 0 Å². The molecule has 3 aliphatic heterocycles. The monoisotopic (exact) mass is 178 g/mol.